The second-order valence-electron chi connectivity index (χ2n) is 6.29. The van der Waals surface area contributed by atoms with Crippen molar-refractivity contribution < 1.29 is 4.79 Å². The summed E-state index contributed by atoms with van der Waals surface area (Å²) in [6.07, 6.45) is 1.34. The molecule has 0 saturated heterocycles. The zero-order chi connectivity index (χ0) is 18.5. The van der Waals surface area contributed by atoms with Gasteiger partial charge in [0.15, 0.2) is 5.96 Å². The Bertz CT molecular complexity index is 840. The zero-order valence-corrected chi connectivity index (χ0v) is 18.5. The number of carbonyl (C=O) groups is 1. The predicted molar refractivity (Wildman–Crippen MR) is 124 cm³/mol. The summed E-state index contributed by atoms with van der Waals surface area (Å²) in [6.45, 7) is 3.36. The average molecular weight is 499 g/mol. The highest BCUT2D eigenvalue weighted by atomic mass is 127. The average Bonchev–Trinajstić information content (AvgIpc) is 3.05. The molecule has 2 aromatic carbocycles. The highest BCUT2D eigenvalue weighted by Crippen LogP contribution is 2.27. The van der Waals surface area contributed by atoms with Crippen molar-refractivity contribution in [2.24, 2.45) is 4.99 Å². The molecule has 1 aliphatic rings. The molecule has 0 aromatic heterocycles. The molecule has 0 aliphatic carbocycles. The van der Waals surface area contributed by atoms with Crippen molar-refractivity contribution in [2.75, 3.05) is 30.4 Å². The number of benzene rings is 2. The van der Waals surface area contributed by atoms with E-state index in [9.17, 15) is 4.79 Å². The fourth-order valence-corrected chi connectivity index (χ4v) is 3.36. The topological polar surface area (TPSA) is 56.7 Å². The Morgan fingerprint density at radius 3 is 2.78 bits per heavy atom. The number of guanidine groups is 1. The summed E-state index contributed by atoms with van der Waals surface area (Å²) in [6, 6.07) is 13.9. The van der Waals surface area contributed by atoms with Gasteiger partial charge in [0.05, 0.1) is 10.7 Å². The van der Waals surface area contributed by atoms with E-state index in [1.807, 2.05) is 31.2 Å². The van der Waals surface area contributed by atoms with Gasteiger partial charge in [0, 0.05) is 32.2 Å². The van der Waals surface area contributed by atoms with Crippen molar-refractivity contribution in [3.05, 3.63) is 58.6 Å². The molecule has 144 valence electrons. The van der Waals surface area contributed by atoms with Gasteiger partial charge in [-0.05, 0) is 42.7 Å². The van der Waals surface area contributed by atoms with Crippen molar-refractivity contribution in [1.29, 1.82) is 0 Å². The molecule has 0 unspecified atom stereocenters. The number of aryl methyl sites for hydroxylation is 1. The van der Waals surface area contributed by atoms with E-state index in [1.54, 1.807) is 7.05 Å². The molecule has 2 N–H and O–H groups in total. The molecule has 0 spiro atoms. The number of hydrogen-bond acceptors (Lipinski definition) is 2. The number of amides is 1. The summed E-state index contributed by atoms with van der Waals surface area (Å²) in [7, 11) is 1.76. The van der Waals surface area contributed by atoms with Crippen LogP contribution >= 0.6 is 35.6 Å². The summed E-state index contributed by atoms with van der Waals surface area (Å²) in [4.78, 5) is 18.7. The van der Waals surface area contributed by atoms with Crippen LogP contribution in [0.15, 0.2) is 47.5 Å². The Balaban J connectivity index is 0.00000261. The maximum atomic E-state index is 12.2. The van der Waals surface area contributed by atoms with Gasteiger partial charge in [-0.15, -0.1) is 24.0 Å². The van der Waals surface area contributed by atoms with Crippen molar-refractivity contribution in [3.63, 3.8) is 0 Å². The third-order valence-corrected chi connectivity index (χ3v) is 4.70. The Morgan fingerprint density at radius 2 is 2.04 bits per heavy atom. The maximum absolute atomic E-state index is 12.2. The quantitative estimate of drug-likeness (QED) is 0.377. The Kier molecular flexibility index (Phi) is 7.91. The molecule has 2 aromatic rings. The molecule has 27 heavy (non-hydrogen) atoms. The molecule has 0 bridgehead atoms. The first-order chi connectivity index (χ1) is 12.6. The Morgan fingerprint density at radius 1 is 1.26 bits per heavy atom. The standard InChI is InChI=1S/C20H23ClN4O.HI/c1-14-7-8-17(16(21)13-14)24-19(26)9-11-23-20(22-2)25-12-10-15-5-3-4-6-18(15)25;/h3-8,13H,9-12H2,1-2H3,(H,22,23)(H,24,26);1H. The lowest BCUT2D eigenvalue weighted by molar-refractivity contribution is -0.116. The van der Waals surface area contributed by atoms with Gasteiger partial charge in [-0.25, -0.2) is 0 Å². The molecule has 0 atom stereocenters. The monoisotopic (exact) mass is 498 g/mol. The van der Waals surface area contributed by atoms with E-state index in [-0.39, 0.29) is 29.9 Å². The molecular formula is C20H24ClIN4O. The third-order valence-electron chi connectivity index (χ3n) is 4.39. The van der Waals surface area contributed by atoms with Crippen LogP contribution in [0.1, 0.15) is 17.5 Å². The second-order valence-corrected chi connectivity index (χ2v) is 6.69. The van der Waals surface area contributed by atoms with Crippen LogP contribution < -0.4 is 15.5 Å². The molecule has 1 amide bonds. The molecule has 3 rings (SSSR count). The van der Waals surface area contributed by atoms with Gasteiger partial charge in [-0.1, -0.05) is 35.9 Å². The van der Waals surface area contributed by atoms with E-state index in [4.69, 9.17) is 11.6 Å². The van der Waals surface area contributed by atoms with E-state index in [2.05, 4.69) is 38.7 Å². The Labute approximate surface area is 182 Å². The molecule has 7 heteroatoms. The summed E-state index contributed by atoms with van der Waals surface area (Å²) >= 11 is 6.16. The fraction of sp³-hybridized carbons (Fsp3) is 0.300. The summed E-state index contributed by atoms with van der Waals surface area (Å²) in [5.41, 5.74) is 4.20. The summed E-state index contributed by atoms with van der Waals surface area (Å²) < 4.78 is 0. The lowest BCUT2D eigenvalue weighted by Gasteiger charge is -2.22. The van der Waals surface area contributed by atoms with Gasteiger partial charge in [0.2, 0.25) is 5.91 Å². The van der Waals surface area contributed by atoms with Crippen LogP contribution in [0.5, 0.6) is 0 Å². The number of nitrogens with one attached hydrogen (secondary N) is 2. The number of fused-ring (bicyclic) bond motifs is 1. The molecule has 0 radical (unpaired) electrons. The van der Waals surface area contributed by atoms with E-state index >= 15 is 0 Å². The number of hydrogen-bond donors (Lipinski definition) is 2. The number of halogens is 2. The van der Waals surface area contributed by atoms with E-state index < -0.39 is 0 Å². The van der Waals surface area contributed by atoms with E-state index in [0.717, 1.165) is 24.5 Å². The normalized spacial score (nSPS) is 13.0. The van der Waals surface area contributed by atoms with Crippen LogP contribution in [0, 0.1) is 6.92 Å². The highest BCUT2D eigenvalue weighted by molar-refractivity contribution is 14.0. The number of carbonyl (C=O) groups excluding carboxylic acids is 1. The third kappa shape index (κ3) is 5.35. The number of rotatable bonds is 4. The van der Waals surface area contributed by atoms with Crippen LogP contribution in [0.3, 0.4) is 0 Å². The lowest BCUT2D eigenvalue weighted by Crippen LogP contribution is -2.41. The van der Waals surface area contributed by atoms with Gasteiger partial charge in [0.25, 0.3) is 0 Å². The first-order valence-electron chi connectivity index (χ1n) is 8.70. The summed E-state index contributed by atoms with van der Waals surface area (Å²) in [5, 5.41) is 6.68. The zero-order valence-electron chi connectivity index (χ0n) is 15.5. The van der Waals surface area contributed by atoms with Crippen molar-refractivity contribution >= 4 is 58.8 Å². The smallest absolute Gasteiger partial charge is 0.226 e. The number of anilines is 2. The van der Waals surface area contributed by atoms with E-state index in [1.165, 1.54) is 11.3 Å². The van der Waals surface area contributed by atoms with Gasteiger partial charge < -0.3 is 15.5 Å². The van der Waals surface area contributed by atoms with Gasteiger partial charge in [0.1, 0.15) is 0 Å². The molecule has 1 aliphatic heterocycles. The van der Waals surface area contributed by atoms with Crippen LogP contribution in [0.4, 0.5) is 11.4 Å². The minimum Gasteiger partial charge on any atom is -0.355 e. The van der Waals surface area contributed by atoms with Crippen molar-refractivity contribution in [3.8, 4) is 0 Å². The van der Waals surface area contributed by atoms with Gasteiger partial charge in [-0.2, -0.15) is 0 Å². The van der Waals surface area contributed by atoms with Crippen LogP contribution in [-0.4, -0.2) is 32.0 Å². The molecule has 5 nitrogen and oxygen atoms in total. The van der Waals surface area contributed by atoms with Crippen LogP contribution in [0.2, 0.25) is 5.02 Å². The molecule has 1 heterocycles. The van der Waals surface area contributed by atoms with Crippen molar-refractivity contribution in [1.82, 2.24) is 5.32 Å². The van der Waals surface area contributed by atoms with Crippen molar-refractivity contribution in [2.45, 2.75) is 19.8 Å². The number of aliphatic imine (C=N–C) groups is 1. The highest BCUT2D eigenvalue weighted by Gasteiger charge is 2.22. The second kappa shape index (κ2) is 9.94. The summed E-state index contributed by atoms with van der Waals surface area (Å²) in [5.74, 6) is 0.705. The fourth-order valence-electron chi connectivity index (χ4n) is 3.08. The first kappa shape index (κ1) is 21.5. The maximum Gasteiger partial charge on any atom is 0.226 e. The molecular weight excluding hydrogens is 475 g/mol. The molecule has 0 saturated carbocycles. The minimum absolute atomic E-state index is 0. The number of nitrogens with zero attached hydrogens (tertiary/aromatic N) is 2. The Hall–Kier alpha value is -1.80. The van der Waals surface area contributed by atoms with E-state index in [0.29, 0.717) is 23.7 Å². The van der Waals surface area contributed by atoms with Crippen LogP contribution in [0.25, 0.3) is 0 Å². The first-order valence-corrected chi connectivity index (χ1v) is 9.08. The largest absolute Gasteiger partial charge is 0.355 e. The number of para-hydroxylation sites is 1. The predicted octanol–water partition coefficient (Wildman–Crippen LogP) is 4.23. The van der Waals surface area contributed by atoms with Crippen LogP contribution in [-0.2, 0) is 11.2 Å². The van der Waals surface area contributed by atoms with Gasteiger partial charge >= 0.3 is 0 Å². The SMILES string of the molecule is CN=C(NCCC(=O)Nc1ccc(C)cc1Cl)N1CCc2ccccc21.I. The molecule has 0 fully saturated rings. The minimum atomic E-state index is -0.0828. The van der Waals surface area contributed by atoms with Gasteiger partial charge in [-0.3, -0.25) is 9.79 Å². The lowest BCUT2D eigenvalue weighted by atomic mass is 10.2.